The Balaban J connectivity index is 1.85. The first-order chi connectivity index (χ1) is 6.77. The maximum atomic E-state index is 9.84. The normalized spacial score (nSPS) is 37.3. The van der Waals surface area contributed by atoms with Crippen molar-refractivity contribution in [2.75, 3.05) is 13.1 Å². The van der Waals surface area contributed by atoms with Gasteiger partial charge in [0.15, 0.2) is 0 Å². The fourth-order valence-corrected chi connectivity index (χ4v) is 2.85. The van der Waals surface area contributed by atoms with Gasteiger partial charge in [-0.2, -0.15) is 0 Å². The molecule has 0 aromatic rings. The van der Waals surface area contributed by atoms with Crippen LogP contribution in [-0.2, 0) is 0 Å². The minimum absolute atomic E-state index is 0.0781. The summed E-state index contributed by atoms with van der Waals surface area (Å²) in [6, 6.07) is 0.783. The van der Waals surface area contributed by atoms with Crippen molar-refractivity contribution in [2.45, 2.75) is 57.6 Å². The van der Waals surface area contributed by atoms with Crippen LogP contribution in [0.5, 0.6) is 0 Å². The van der Waals surface area contributed by atoms with E-state index in [1.54, 1.807) is 0 Å². The Morgan fingerprint density at radius 2 is 1.79 bits per heavy atom. The number of hydrogen-bond acceptors (Lipinski definition) is 2. The molecule has 0 aromatic carbocycles. The summed E-state index contributed by atoms with van der Waals surface area (Å²) in [6.45, 7) is 4.30. The maximum absolute atomic E-state index is 9.84. The molecule has 1 saturated carbocycles. The Morgan fingerprint density at radius 1 is 1.07 bits per heavy atom. The quantitative estimate of drug-likeness (QED) is 0.695. The second-order valence-electron chi connectivity index (χ2n) is 5.12. The number of nitrogens with zero attached hydrogens (tertiary/aromatic N) is 1. The van der Waals surface area contributed by atoms with Crippen LogP contribution < -0.4 is 0 Å². The van der Waals surface area contributed by atoms with Crippen molar-refractivity contribution in [3.8, 4) is 0 Å². The van der Waals surface area contributed by atoms with Crippen LogP contribution >= 0.6 is 0 Å². The summed E-state index contributed by atoms with van der Waals surface area (Å²) in [4.78, 5) is 2.53. The van der Waals surface area contributed by atoms with Crippen LogP contribution in [0.3, 0.4) is 0 Å². The Kier molecular flexibility index (Phi) is 3.45. The van der Waals surface area contributed by atoms with Crippen LogP contribution in [0.4, 0.5) is 0 Å². The van der Waals surface area contributed by atoms with E-state index in [1.165, 1.54) is 45.1 Å². The highest BCUT2D eigenvalue weighted by molar-refractivity contribution is 4.83. The molecule has 14 heavy (non-hydrogen) atoms. The van der Waals surface area contributed by atoms with Crippen LogP contribution in [0.1, 0.15) is 45.4 Å². The van der Waals surface area contributed by atoms with E-state index in [4.69, 9.17) is 0 Å². The first-order valence-electron chi connectivity index (χ1n) is 6.19. The van der Waals surface area contributed by atoms with Crippen LogP contribution in [0, 0.1) is 5.92 Å². The molecule has 1 saturated heterocycles. The van der Waals surface area contributed by atoms with Crippen molar-refractivity contribution in [1.29, 1.82) is 0 Å². The first kappa shape index (κ1) is 10.4. The summed E-state index contributed by atoms with van der Waals surface area (Å²) in [5, 5.41) is 9.84. The van der Waals surface area contributed by atoms with E-state index in [0.717, 1.165) is 12.6 Å². The molecule has 0 bridgehead atoms. The number of hydrogen-bond donors (Lipinski definition) is 1. The fourth-order valence-electron chi connectivity index (χ4n) is 2.85. The van der Waals surface area contributed by atoms with Gasteiger partial charge >= 0.3 is 0 Å². The molecule has 2 nitrogen and oxygen atoms in total. The third kappa shape index (κ3) is 2.29. The van der Waals surface area contributed by atoms with E-state index < -0.39 is 0 Å². The molecule has 2 aliphatic rings. The highest BCUT2D eigenvalue weighted by Gasteiger charge is 2.29. The van der Waals surface area contributed by atoms with Gasteiger partial charge in [0.2, 0.25) is 0 Å². The van der Waals surface area contributed by atoms with Crippen LogP contribution in [0.25, 0.3) is 0 Å². The topological polar surface area (TPSA) is 23.5 Å². The predicted molar refractivity (Wildman–Crippen MR) is 58.2 cm³/mol. The molecular formula is C12H23NO. The van der Waals surface area contributed by atoms with Crippen molar-refractivity contribution in [2.24, 2.45) is 5.92 Å². The Hall–Kier alpha value is -0.0800. The fraction of sp³-hybridized carbons (Fsp3) is 1.00. The molecule has 0 amide bonds. The lowest BCUT2D eigenvalue weighted by Crippen LogP contribution is -2.48. The van der Waals surface area contributed by atoms with Gasteiger partial charge < -0.3 is 5.11 Å². The van der Waals surface area contributed by atoms with Crippen LogP contribution in [-0.4, -0.2) is 35.2 Å². The molecule has 2 heteroatoms. The summed E-state index contributed by atoms with van der Waals surface area (Å²) in [5.74, 6) is 0.509. The number of likely N-dealkylation sites (tertiary alicyclic amines) is 1. The molecule has 1 N–H and O–H groups in total. The smallest absolute Gasteiger partial charge is 0.0693 e. The second-order valence-corrected chi connectivity index (χ2v) is 5.12. The van der Waals surface area contributed by atoms with Crippen molar-refractivity contribution >= 4 is 0 Å². The average Bonchev–Trinajstić information content (AvgIpc) is 2.23. The van der Waals surface area contributed by atoms with Crippen molar-refractivity contribution < 1.29 is 5.11 Å². The predicted octanol–water partition coefficient (Wildman–Crippen LogP) is 2.02. The van der Waals surface area contributed by atoms with Gasteiger partial charge in [0.05, 0.1) is 6.10 Å². The van der Waals surface area contributed by atoms with E-state index in [2.05, 4.69) is 11.8 Å². The third-order valence-corrected chi connectivity index (χ3v) is 4.04. The van der Waals surface area contributed by atoms with Crippen molar-refractivity contribution in [3.05, 3.63) is 0 Å². The third-order valence-electron chi connectivity index (χ3n) is 4.04. The Morgan fingerprint density at radius 3 is 2.43 bits per heavy atom. The average molecular weight is 197 g/mol. The number of rotatable bonds is 1. The minimum atomic E-state index is -0.0781. The van der Waals surface area contributed by atoms with Gasteiger partial charge in [0.1, 0.15) is 0 Å². The zero-order chi connectivity index (χ0) is 9.97. The monoisotopic (exact) mass is 197 g/mol. The Labute approximate surface area is 87.3 Å². The standard InChI is InChI=1S/C12H23NO/c1-10-7-8-13(9-12(10)14)11-5-3-2-4-6-11/h10-12,14H,2-9H2,1H3. The molecule has 0 aromatic heterocycles. The molecule has 82 valence electrons. The van der Waals surface area contributed by atoms with E-state index in [-0.39, 0.29) is 6.10 Å². The second kappa shape index (κ2) is 4.63. The zero-order valence-electron chi connectivity index (χ0n) is 9.28. The van der Waals surface area contributed by atoms with Gasteiger partial charge in [-0.25, -0.2) is 0 Å². The molecule has 1 heterocycles. The van der Waals surface area contributed by atoms with Crippen LogP contribution in [0.2, 0.25) is 0 Å². The maximum Gasteiger partial charge on any atom is 0.0693 e. The highest BCUT2D eigenvalue weighted by atomic mass is 16.3. The largest absolute Gasteiger partial charge is 0.392 e. The number of β-amino-alcohol motifs (C(OH)–C–C–N with tert-alkyl or cyclic N) is 1. The van der Waals surface area contributed by atoms with Gasteiger partial charge in [-0.3, -0.25) is 4.90 Å². The lowest BCUT2D eigenvalue weighted by molar-refractivity contribution is 0.00265. The summed E-state index contributed by atoms with van der Waals surface area (Å²) in [5.41, 5.74) is 0. The summed E-state index contributed by atoms with van der Waals surface area (Å²) >= 11 is 0. The summed E-state index contributed by atoms with van der Waals surface area (Å²) in [7, 11) is 0. The Bertz CT molecular complexity index is 177. The van der Waals surface area contributed by atoms with E-state index in [0.29, 0.717) is 5.92 Å². The number of aliphatic hydroxyl groups is 1. The molecule has 1 aliphatic carbocycles. The van der Waals surface area contributed by atoms with Crippen molar-refractivity contribution in [3.63, 3.8) is 0 Å². The van der Waals surface area contributed by atoms with Gasteiger partial charge in [0.25, 0.3) is 0 Å². The van der Waals surface area contributed by atoms with Gasteiger partial charge in [0, 0.05) is 12.6 Å². The van der Waals surface area contributed by atoms with E-state index in [9.17, 15) is 5.11 Å². The molecule has 2 atom stereocenters. The SMILES string of the molecule is CC1CCN(C2CCCCC2)CC1O. The van der Waals surface area contributed by atoms with Gasteiger partial charge in [-0.05, 0) is 31.7 Å². The van der Waals surface area contributed by atoms with Crippen molar-refractivity contribution in [1.82, 2.24) is 4.90 Å². The van der Waals surface area contributed by atoms with Crippen LogP contribution in [0.15, 0.2) is 0 Å². The number of piperidine rings is 1. The summed E-state index contributed by atoms with van der Waals surface area (Å²) in [6.07, 6.45) is 8.04. The molecule has 2 fully saturated rings. The zero-order valence-corrected chi connectivity index (χ0v) is 9.28. The lowest BCUT2D eigenvalue weighted by Gasteiger charge is -2.40. The minimum Gasteiger partial charge on any atom is -0.392 e. The van der Waals surface area contributed by atoms with Gasteiger partial charge in [-0.1, -0.05) is 26.2 Å². The summed E-state index contributed by atoms with van der Waals surface area (Å²) < 4.78 is 0. The lowest BCUT2D eigenvalue weighted by atomic mass is 9.89. The number of aliphatic hydroxyl groups excluding tert-OH is 1. The molecular weight excluding hydrogens is 174 g/mol. The molecule has 2 rings (SSSR count). The molecule has 2 unspecified atom stereocenters. The van der Waals surface area contributed by atoms with E-state index in [1.807, 2.05) is 0 Å². The first-order valence-corrected chi connectivity index (χ1v) is 6.19. The van der Waals surface area contributed by atoms with Gasteiger partial charge in [-0.15, -0.1) is 0 Å². The molecule has 0 spiro atoms. The molecule has 0 radical (unpaired) electrons. The molecule has 1 aliphatic heterocycles. The van der Waals surface area contributed by atoms with E-state index >= 15 is 0 Å². The highest BCUT2D eigenvalue weighted by Crippen LogP contribution is 2.26.